The first kappa shape index (κ1) is 22.6. The van der Waals surface area contributed by atoms with Crippen molar-refractivity contribution >= 4 is 61.4 Å². The lowest BCUT2D eigenvalue weighted by atomic mass is 9.95. The van der Waals surface area contributed by atoms with Crippen LogP contribution in [0.2, 0.25) is 5.02 Å². The van der Waals surface area contributed by atoms with Crippen molar-refractivity contribution in [1.82, 2.24) is 4.98 Å². The van der Waals surface area contributed by atoms with Crippen LogP contribution in [-0.2, 0) is 9.59 Å². The fourth-order valence-electron chi connectivity index (χ4n) is 3.88. The quantitative estimate of drug-likeness (QED) is 0.125. The number of hydrogen-bond donors (Lipinski definition) is 1. The Balaban J connectivity index is 1.72. The summed E-state index contributed by atoms with van der Waals surface area (Å²) in [7, 11) is 0. The van der Waals surface area contributed by atoms with E-state index in [1.54, 1.807) is 18.2 Å². The average Bonchev–Trinajstić information content (AvgIpc) is 3.37. The van der Waals surface area contributed by atoms with E-state index in [1.165, 1.54) is 36.4 Å². The number of thiazole rings is 1. The molecule has 35 heavy (non-hydrogen) atoms. The minimum atomic E-state index is -1.13. The van der Waals surface area contributed by atoms with Gasteiger partial charge in [0.05, 0.1) is 26.8 Å². The average molecular weight is 510 g/mol. The number of fused-ring (bicyclic) bond motifs is 1. The molecular weight excluding hydrogens is 497 g/mol. The lowest BCUT2D eigenvalue weighted by Gasteiger charge is -2.22. The molecule has 0 radical (unpaired) electrons. The number of amides is 1. The first-order chi connectivity index (χ1) is 16.7. The van der Waals surface area contributed by atoms with Crippen LogP contribution in [0.1, 0.15) is 17.2 Å². The maximum Gasteiger partial charge on any atom is 0.301 e. The number of aliphatic hydroxyl groups is 1. The Morgan fingerprint density at radius 1 is 1.09 bits per heavy atom. The smallest absolute Gasteiger partial charge is 0.301 e. The molecule has 4 aromatic rings. The van der Waals surface area contributed by atoms with Gasteiger partial charge < -0.3 is 5.11 Å². The van der Waals surface area contributed by atoms with E-state index in [0.717, 1.165) is 28.4 Å². The maximum atomic E-state index is 13.4. The van der Waals surface area contributed by atoms with Crippen molar-refractivity contribution in [3.8, 4) is 0 Å². The Bertz CT molecular complexity index is 1550. The van der Waals surface area contributed by atoms with Gasteiger partial charge in [0, 0.05) is 22.7 Å². The number of ketones is 1. The van der Waals surface area contributed by atoms with Crippen LogP contribution in [0, 0.1) is 15.9 Å². The lowest BCUT2D eigenvalue weighted by Crippen LogP contribution is -2.29. The van der Waals surface area contributed by atoms with Crippen LogP contribution in [0.25, 0.3) is 16.0 Å². The molecule has 8 nitrogen and oxygen atoms in total. The predicted octanol–water partition coefficient (Wildman–Crippen LogP) is 5.62. The van der Waals surface area contributed by atoms with E-state index >= 15 is 0 Å². The first-order valence-corrected chi connectivity index (χ1v) is 11.3. The number of carbonyl (C=O) groups excluding carboxylic acids is 2. The zero-order valence-corrected chi connectivity index (χ0v) is 19.1. The van der Waals surface area contributed by atoms with Crippen LogP contribution < -0.4 is 4.90 Å². The number of halogens is 2. The third kappa shape index (κ3) is 3.92. The van der Waals surface area contributed by atoms with Gasteiger partial charge in [-0.3, -0.25) is 24.6 Å². The number of non-ortho nitro benzene ring substituents is 1. The molecule has 11 heteroatoms. The monoisotopic (exact) mass is 509 g/mol. The molecule has 0 saturated carbocycles. The van der Waals surface area contributed by atoms with Crippen LogP contribution in [0.3, 0.4) is 0 Å². The lowest BCUT2D eigenvalue weighted by molar-refractivity contribution is -0.384. The highest BCUT2D eigenvalue weighted by atomic mass is 35.5. The van der Waals surface area contributed by atoms with Crippen molar-refractivity contribution < 1.29 is 24.0 Å². The molecule has 2 heterocycles. The fourth-order valence-corrected chi connectivity index (χ4v) is 5.14. The number of aromatic nitrogens is 1. The number of nitro groups is 1. The molecule has 1 atom stereocenters. The SMILES string of the molecule is O=C1C(=O)N(c2nc3ccc(Cl)cc3s2)C(c2ccc([N+](=O)[O-])cc2)/C1=C(\O)c1ccc(F)cc1. The summed E-state index contributed by atoms with van der Waals surface area (Å²) in [4.78, 5) is 42.5. The summed E-state index contributed by atoms with van der Waals surface area (Å²) < 4.78 is 14.1. The van der Waals surface area contributed by atoms with E-state index in [2.05, 4.69) is 4.98 Å². The molecule has 1 amide bonds. The molecule has 1 aliphatic rings. The molecule has 1 N–H and O–H groups in total. The summed E-state index contributed by atoms with van der Waals surface area (Å²) in [6, 6.07) is 14.0. The second-order valence-electron chi connectivity index (χ2n) is 7.63. The zero-order chi connectivity index (χ0) is 24.9. The number of anilines is 1. The molecular formula is C24H13ClFN3O5S. The van der Waals surface area contributed by atoms with Gasteiger partial charge in [0.15, 0.2) is 5.13 Å². The van der Waals surface area contributed by atoms with Crippen LogP contribution in [0.4, 0.5) is 15.2 Å². The number of aliphatic hydroxyl groups excluding tert-OH is 1. The highest BCUT2D eigenvalue weighted by Gasteiger charge is 2.48. The second kappa shape index (κ2) is 8.57. The van der Waals surface area contributed by atoms with Gasteiger partial charge in [-0.25, -0.2) is 9.37 Å². The molecule has 1 aromatic heterocycles. The van der Waals surface area contributed by atoms with E-state index < -0.39 is 34.2 Å². The molecule has 0 aliphatic carbocycles. The highest BCUT2D eigenvalue weighted by Crippen LogP contribution is 2.44. The summed E-state index contributed by atoms with van der Waals surface area (Å²) in [5.74, 6) is -2.94. The molecule has 1 fully saturated rings. The largest absolute Gasteiger partial charge is 0.507 e. The Morgan fingerprint density at radius 3 is 2.43 bits per heavy atom. The van der Waals surface area contributed by atoms with Crippen LogP contribution in [-0.4, -0.2) is 26.7 Å². The van der Waals surface area contributed by atoms with E-state index in [-0.39, 0.29) is 22.0 Å². The number of carbonyl (C=O) groups is 2. The molecule has 0 bridgehead atoms. The van der Waals surface area contributed by atoms with Gasteiger partial charge in [-0.15, -0.1) is 0 Å². The van der Waals surface area contributed by atoms with Gasteiger partial charge in [-0.2, -0.15) is 0 Å². The van der Waals surface area contributed by atoms with Crippen LogP contribution in [0.5, 0.6) is 0 Å². The number of nitro benzene ring substituents is 1. The standard InChI is InChI=1S/C24H13ClFN3O5S/c25-14-5-10-17-18(11-14)35-24(27-17)28-20(12-3-8-16(9-4-12)29(33)34)19(22(31)23(28)32)21(30)13-1-6-15(26)7-2-13/h1-11,20,30H/b21-19+. The minimum Gasteiger partial charge on any atom is -0.507 e. The Labute approximate surface area is 205 Å². The second-order valence-corrected chi connectivity index (χ2v) is 9.08. The van der Waals surface area contributed by atoms with E-state index in [1.807, 2.05) is 0 Å². The van der Waals surface area contributed by atoms with Crippen molar-refractivity contribution in [2.24, 2.45) is 0 Å². The van der Waals surface area contributed by atoms with Crippen molar-refractivity contribution in [2.45, 2.75) is 6.04 Å². The maximum absolute atomic E-state index is 13.4. The van der Waals surface area contributed by atoms with Gasteiger partial charge in [0.1, 0.15) is 11.6 Å². The van der Waals surface area contributed by atoms with Gasteiger partial charge in [-0.1, -0.05) is 22.9 Å². The first-order valence-electron chi connectivity index (χ1n) is 10.1. The fraction of sp³-hybridized carbons (Fsp3) is 0.0417. The van der Waals surface area contributed by atoms with Crippen molar-refractivity contribution in [2.75, 3.05) is 4.90 Å². The zero-order valence-electron chi connectivity index (χ0n) is 17.5. The van der Waals surface area contributed by atoms with Crippen molar-refractivity contribution in [1.29, 1.82) is 0 Å². The van der Waals surface area contributed by atoms with Crippen molar-refractivity contribution in [3.05, 3.63) is 104 Å². The Kier molecular flexibility index (Phi) is 5.54. The predicted molar refractivity (Wildman–Crippen MR) is 129 cm³/mol. The number of benzene rings is 3. The molecule has 174 valence electrons. The van der Waals surface area contributed by atoms with Crippen LogP contribution in [0.15, 0.2) is 72.3 Å². The number of hydrogen-bond acceptors (Lipinski definition) is 7. The molecule has 5 rings (SSSR count). The normalized spacial score (nSPS) is 17.3. The summed E-state index contributed by atoms with van der Waals surface area (Å²) in [6.45, 7) is 0. The van der Waals surface area contributed by atoms with E-state index in [9.17, 15) is 29.2 Å². The topological polar surface area (TPSA) is 114 Å². The molecule has 1 saturated heterocycles. The van der Waals surface area contributed by atoms with Gasteiger partial charge in [-0.05, 0) is 60.2 Å². The summed E-state index contributed by atoms with van der Waals surface area (Å²) >= 11 is 7.20. The summed E-state index contributed by atoms with van der Waals surface area (Å²) in [6.07, 6.45) is 0. The van der Waals surface area contributed by atoms with E-state index in [0.29, 0.717) is 20.8 Å². The van der Waals surface area contributed by atoms with Gasteiger partial charge in [0.2, 0.25) is 0 Å². The highest BCUT2D eigenvalue weighted by molar-refractivity contribution is 7.22. The minimum absolute atomic E-state index is 0.132. The number of nitrogens with zero attached hydrogens (tertiary/aromatic N) is 3. The number of Topliss-reactive ketones (excluding diaryl/α,β-unsaturated/α-hetero) is 1. The molecule has 1 unspecified atom stereocenters. The molecule has 0 spiro atoms. The Morgan fingerprint density at radius 2 is 1.77 bits per heavy atom. The van der Waals surface area contributed by atoms with E-state index in [4.69, 9.17) is 11.6 Å². The van der Waals surface area contributed by atoms with Gasteiger partial charge >= 0.3 is 5.91 Å². The third-order valence-corrected chi connectivity index (χ3v) is 6.78. The summed E-state index contributed by atoms with van der Waals surface area (Å²) in [5.41, 5.74) is 0.604. The number of rotatable bonds is 4. The Hall–Kier alpha value is -4.15. The third-order valence-electron chi connectivity index (χ3n) is 5.53. The van der Waals surface area contributed by atoms with Crippen molar-refractivity contribution in [3.63, 3.8) is 0 Å². The van der Waals surface area contributed by atoms with Gasteiger partial charge in [0.25, 0.3) is 11.5 Å². The summed E-state index contributed by atoms with van der Waals surface area (Å²) in [5, 5.41) is 22.8. The molecule has 1 aliphatic heterocycles. The van der Waals surface area contributed by atoms with Crippen LogP contribution >= 0.6 is 22.9 Å². The molecule has 3 aromatic carbocycles.